The minimum absolute atomic E-state index is 0.202. The van der Waals surface area contributed by atoms with E-state index in [9.17, 15) is 0 Å². The third kappa shape index (κ3) is 2.33. The predicted octanol–water partition coefficient (Wildman–Crippen LogP) is 2.29. The Morgan fingerprint density at radius 1 is 1.35 bits per heavy atom. The molecule has 0 radical (unpaired) electrons. The van der Waals surface area contributed by atoms with E-state index in [1.54, 1.807) is 6.20 Å². The van der Waals surface area contributed by atoms with Crippen LogP contribution in [-0.4, -0.2) is 51.2 Å². The number of H-pyrrole nitrogens is 1. The van der Waals surface area contributed by atoms with Crippen LogP contribution in [0, 0.1) is 0 Å². The fourth-order valence-electron chi connectivity index (χ4n) is 3.01. The fraction of sp³-hybridized carbons (Fsp3) is 0.615. The molecule has 0 aromatic carbocycles. The molecule has 6 nitrogen and oxygen atoms in total. The van der Waals surface area contributed by atoms with Gasteiger partial charge < -0.3 is 10.2 Å². The Balaban J connectivity index is 1.84. The standard InChI is InChI=1S/C13H19ClN6/c1-20(2)13(5-3-4-6-13)8-15-10-9-7-16-19-11(9)18-12(14)17-10/h7H,3-6,8H2,1-2H3,(H2,15,16,17,18,19). The van der Waals surface area contributed by atoms with Crippen LogP contribution in [0.5, 0.6) is 0 Å². The molecule has 3 rings (SSSR count). The van der Waals surface area contributed by atoms with Crippen LogP contribution in [0.25, 0.3) is 11.0 Å². The van der Waals surface area contributed by atoms with Crippen molar-refractivity contribution >= 4 is 28.5 Å². The fourth-order valence-corrected chi connectivity index (χ4v) is 3.17. The molecular formula is C13H19ClN6. The predicted molar refractivity (Wildman–Crippen MR) is 80.1 cm³/mol. The number of hydrogen-bond acceptors (Lipinski definition) is 5. The first-order valence-electron chi connectivity index (χ1n) is 6.89. The van der Waals surface area contributed by atoms with E-state index in [1.165, 1.54) is 25.7 Å². The van der Waals surface area contributed by atoms with Crippen molar-refractivity contribution < 1.29 is 0 Å². The summed E-state index contributed by atoms with van der Waals surface area (Å²) in [5.41, 5.74) is 0.867. The summed E-state index contributed by atoms with van der Waals surface area (Å²) >= 11 is 5.95. The maximum atomic E-state index is 5.95. The van der Waals surface area contributed by atoms with E-state index in [0.29, 0.717) is 5.65 Å². The van der Waals surface area contributed by atoms with Crippen LogP contribution in [-0.2, 0) is 0 Å². The highest BCUT2D eigenvalue weighted by atomic mass is 35.5. The van der Waals surface area contributed by atoms with Crippen molar-refractivity contribution in [2.24, 2.45) is 0 Å². The molecule has 0 bridgehead atoms. The Hall–Kier alpha value is -1.40. The molecular weight excluding hydrogens is 276 g/mol. The molecule has 2 heterocycles. The van der Waals surface area contributed by atoms with Crippen molar-refractivity contribution in [2.45, 2.75) is 31.2 Å². The van der Waals surface area contributed by atoms with Gasteiger partial charge in [-0.2, -0.15) is 15.1 Å². The van der Waals surface area contributed by atoms with E-state index in [4.69, 9.17) is 11.6 Å². The third-order valence-electron chi connectivity index (χ3n) is 4.35. The monoisotopic (exact) mass is 294 g/mol. The summed E-state index contributed by atoms with van der Waals surface area (Å²) in [4.78, 5) is 10.7. The van der Waals surface area contributed by atoms with Crippen molar-refractivity contribution in [3.8, 4) is 0 Å². The molecule has 2 N–H and O–H groups in total. The zero-order chi connectivity index (χ0) is 14.2. The first-order chi connectivity index (χ1) is 9.61. The highest BCUT2D eigenvalue weighted by molar-refractivity contribution is 6.28. The SMILES string of the molecule is CN(C)C1(CNc2nc(Cl)nc3[nH]ncc23)CCCC1. The van der Waals surface area contributed by atoms with Gasteiger partial charge in [0.25, 0.3) is 0 Å². The molecule has 1 aliphatic rings. The summed E-state index contributed by atoms with van der Waals surface area (Å²) in [6.45, 7) is 0.855. The minimum Gasteiger partial charge on any atom is -0.367 e. The number of aromatic amines is 1. The van der Waals surface area contributed by atoms with E-state index < -0.39 is 0 Å². The first kappa shape index (κ1) is 13.6. The topological polar surface area (TPSA) is 69.7 Å². The average Bonchev–Trinajstić information content (AvgIpc) is 3.04. The molecule has 0 aliphatic heterocycles. The van der Waals surface area contributed by atoms with E-state index in [2.05, 4.69) is 44.5 Å². The van der Waals surface area contributed by atoms with Crippen molar-refractivity contribution in [2.75, 3.05) is 26.0 Å². The molecule has 20 heavy (non-hydrogen) atoms. The number of anilines is 1. The maximum absolute atomic E-state index is 5.95. The highest BCUT2D eigenvalue weighted by Crippen LogP contribution is 2.34. The normalized spacial score (nSPS) is 18.0. The molecule has 1 saturated carbocycles. The lowest BCUT2D eigenvalue weighted by molar-refractivity contribution is 0.172. The zero-order valence-corrected chi connectivity index (χ0v) is 12.5. The van der Waals surface area contributed by atoms with Gasteiger partial charge in [-0.3, -0.25) is 5.10 Å². The van der Waals surface area contributed by atoms with Gasteiger partial charge in [0.2, 0.25) is 5.28 Å². The zero-order valence-electron chi connectivity index (χ0n) is 11.8. The molecule has 0 spiro atoms. The maximum Gasteiger partial charge on any atom is 0.226 e. The van der Waals surface area contributed by atoms with Gasteiger partial charge in [0.15, 0.2) is 5.65 Å². The molecule has 2 aromatic heterocycles. The summed E-state index contributed by atoms with van der Waals surface area (Å²) in [5.74, 6) is 0.752. The molecule has 7 heteroatoms. The van der Waals surface area contributed by atoms with E-state index in [-0.39, 0.29) is 10.8 Å². The van der Waals surface area contributed by atoms with Gasteiger partial charge >= 0.3 is 0 Å². The van der Waals surface area contributed by atoms with E-state index in [0.717, 1.165) is 17.7 Å². The summed E-state index contributed by atoms with van der Waals surface area (Å²) in [6.07, 6.45) is 6.71. The Morgan fingerprint density at radius 2 is 2.10 bits per heavy atom. The van der Waals surface area contributed by atoms with Gasteiger partial charge in [-0.15, -0.1) is 0 Å². The molecule has 0 unspecified atom stereocenters. The van der Waals surface area contributed by atoms with Crippen LogP contribution in [0.1, 0.15) is 25.7 Å². The number of nitrogens with one attached hydrogen (secondary N) is 2. The molecule has 0 amide bonds. The van der Waals surface area contributed by atoms with Gasteiger partial charge in [-0.05, 0) is 38.5 Å². The smallest absolute Gasteiger partial charge is 0.226 e. The van der Waals surface area contributed by atoms with Crippen molar-refractivity contribution in [1.29, 1.82) is 0 Å². The van der Waals surface area contributed by atoms with Crippen LogP contribution in [0.3, 0.4) is 0 Å². The molecule has 1 fully saturated rings. The van der Waals surface area contributed by atoms with Gasteiger partial charge in [0, 0.05) is 12.1 Å². The quantitative estimate of drug-likeness (QED) is 0.847. The van der Waals surface area contributed by atoms with Crippen LogP contribution in [0.4, 0.5) is 5.82 Å². The Labute approximate surface area is 122 Å². The Kier molecular flexibility index (Phi) is 3.52. The van der Waals surface area contributed by atoms with Crippen LogP contribution in [0.2, 0.25) is 5.28 Å². The van der Waals surface area contributed by atoms with E-state index in [1.807, 2.05) is 0 Å². The van der Waals surface area contributed by atoms with Gasteiger partial charge in [-0.25, -0.2) is 0 Å². The number of rotatable bonds is 4. The Morgan fingerprint density at radius 3 is 2.80 bits per heavy atom. The number of hydrogen-bond donors (Lipinski definition) is 2. The minimum atomic E-state index is 0.202. The number of fused-ring (bicyclic) bond motifs is 1. The van der Waals surface area contributed by atoms with E-state index >= 15 is 0 Å². The molecule has 1 aliphatic carbocycles. The second-order valence-electron chi connectivity index (χ2n) is 5.65. The third-order valence-corrected chi connectivity index (χ3v) is 4.52. The summed E-state index contributed by atoms with van der Waals surface area (Å²) in [6, 6.07) is 0. The second kappa shape index (κ2) is 5.18. The van der Waals surface area contributed by atoms with Crippen molar-refractivity contribution in [3.63, 3.8) is 0 Å². The van der Waals surface area contributed by atoms with Gasteiger partial charge in [0.05, 0.1) is 11.6 Å². The lowest BCUT2D eigenvalue weighted by Crippen LogP contribution is -2.47. The second-order valence-corrected chi connectivity index (χ2v) is 5.99. The summed E-state index contributed by atoms with van der Waals surface area (Å²) in [5, 5.41) is 11.4. The Bertz CT molecular complexity index is 602. The summed E-state index contributed by atoms with van der Waals surface area (Å²) in [7, 11) is 4.29. The van der Waals surface area contributed by atoms with Crippen LogP contribution in [0.15, 0.2) is 6.20 Å². The number of nitrogens with zero attached hydrogens (tertiary/aromatic N) is 4. The largest absolute Gasteiger partial charge is 0.367 e. The molecule has 0 atom stereocenters. The highest BCUT2D eigenvalue weighted by Gasteiger charge is 2.35. The lowest BCUT2D eigenvalue weighted by atomic mass is 9.96. The van der Waals surface area contributed by atoms with Crippen molar-refractivity contribution in [3.05, 3.63) is 11.5 Å². The van der Waals surface area contributed by atoms with Crippen LogP contribution >= 0.6 is 11.6 Å². The number of halogens is 1. The lowest BCUT2D eigenvalue weighted by Gasteiger charge is -2.36. The average molecular weight is 295 g/mol. The summed E-state index contributed by atoms with van der Waals surface area (Å²) < 4.78 is 0. The molecule has 2 aromatic rings. The van der Waals surface area contributed by atoms with Gasteiger partial charge in [0.1, 0.15) is 5.82 Å². The first-order valence-corrected chi connectivity index (χ1v) is 7.26. The van der Waals surface area contributed by atoms with Crippen LogP contribution < -0.4 is 5.32 Å². The molecule has 0 saturated heterocycles. The van der Waals surface area contributed by atoms with Crippen molar-refractivity contribution in [1.82, 2.24) is 25.1 Å². The number of likely N-dealkylation sites (N-methyl/N-ethyl adjacent to an activating group) is 1. The molecule has 108 valence electrons. The number of aromatic nitrogens is 4. The van der Waals surface area contributed by atoms with Gasteiger partial charge in [-0.1, -0.05) is 12.8 Å².